The van der Waals surface area contributed by atoms with E-state index in [2.05, 4.69) is 63.5 Å². The maximum absolute atomic E-state index is 4.77. The highest BCUT2D eigenvalue weighted by atomic mass is 32.2. The fourth-order valence-corrected chi connectivity index (χ4v) is 5.63. The Hall–Kier alpha value is -1.32. The first-order valence-electron chi connectivity index (χ1n) is 7.22. The van der Waals surface area contributed by atoms with Crippen molar-refractivity contribution in [2.75, 3.05) is 7.05 Å². The molecule has 3 atom stereocenters. The second-order valence-corrected chi connectivity index (χ2v) is 8.14. The fourth-order valence-electron chi connectivity index (χ4n) is 2.86. The second-order valence-electron chi connectivity index (χ2n) is 5.57. The maximum Gasteiger partial charge on any atom is 0.518 e. The van der Waals surface area contributed by atoms with Crippen molar-refractivity contribution in [2.24, 2.45) is 9.98 Å². The zero-order valence-electron chi connectivity index (χ0n) is 12.9. The Bertz CT molecular complexity index is 705. The molecule has 4 aliphatic heterocycles. The van der Waals surface area contributed by atoms with Gasteiger partial charge in [-0.25, -0.2) is 4.99 Å². The normalized spacial score (nSPS) is 39.8. The quantitative estimate of drug-likeness (QED) is 0.474. The first-order valence-corrected chi connectivity index (χ1v) is 8.85. The molecule has 0 aliphatic carbocycles. The standard InChI is InChI=1S/C13H18N7S2/c1-7-5-6-10(15-7)16-12-18-20-9(3)8(2)19-13(20,22-12)21-11(14-4)17-19/h5-7,10,15H,1-4H3,(H,16,18)/q+1/p+1. The van der Waals surface area contributed by atoms with Crippen LogP contribution in [0.1, 0.15) is 20.8 Å². The van der Waals surface area contributed by atoms with Gasteiger partial charge < -0.3 is 0 Å². The van der Waals surface area contributed by atoms with E-state index in [1.165, 1.54) is 11.4 Å². The highest BCUT2D eigenvalue weighted by Gasteiger charge is 2.74. The van der Waals surface area contributed by atoms with Crippen molar-refractivity contribution in [3.63, 3.8) is 0 Å². The highest BCUT2D eigenvalue weighted by Crippen LogP contribution is 2.48. The third kappa shape index (κ3) is 1.88. The lowest BCUT2D eigenvalue weighted by Crippen LogP contribution is -2.42. The van der Waals surface area contributed by atoms with E-state index < -0.39 is 0 Å². The van der Waals surface area contributed by atoms with Crippen molar-refractivity contribution in [3.05, 3.63) is 12.2 Å². The third-order valence-corrected chi connectivity index (χ3v) is 6.73. The monoisotopic (exact) mass is 337 g/mol. The molecule has 4 aliphatic rings. The van der Waals surface area contributed by atoms with Crippen LogP contribution in [0.4, 0.5) is 0 Å². The number of hydrogen-bond acceptors (Lipinski definition) is 5. The minimum atomic E-state index is -0.310. The summed E-state index contributed by atoms with van der Waals surface area (Å²) in [6.45, 7) is 6.36. The summed E-state index contributed by atoms with van der Waals surface area (Å²) in [6.07, 6.45) is 4.29. The van der Waals surface area contributed by atoms with Crippen LogP contribution in [-0.2, 0) is 0 Å². The molecule has 2 fully saturated rings. The molecular weight excluding hydrogens is 318 g/mol. The lowest BCUT2D eigenvalue weighted by Gasteiger charge is -2.06. The molecule has 2 saturated heterocycles. The van der Waals surface area contributed by atoms with Crippen LogP contribution in [0.3, 0.4) is 0 Å². The number of thioether (sulfide) groups is 2. The summed E-state index contributed by atoms with van der Waals surface area (Å²) >= 11 is 3.41. The number of hydrazine groups is 2. The van der Waals surface area contributed by atoms with Gasteiger partial charge in [-0.1, -0.05) is 6.08 Å². The molecular formula is C13H19N7S2+2. The van der Waals surface area contributed by atoms with Crippen molar-refractivity contribution >= 4 is 45.3 Å². The van der Waals surface area contributed by atoms with Gasteiger partial charge in [-0.3, -0.25) is 10.3 Å². The number of hydrogen-bond donors (Lipinski definition) is 3. The van der Waals surface area contributed by atoms with Crippen molar-refractivity contribution in [2.45, 2.75) is 37.3 Å². The molecule has 0 amide bonds. The number of amidine groups is 2. The minimum absolute atomic E-state index is 0.0407. The van der Waals surface area contributed by atoms with E-state index in [9.17, 15) is 0 Å². The zero-order valence-corrected chi connectivity index (χ0v) is 14.5. The molecule has 7 nitrogen and oxygen atoms in total. The molecule has 3 unspecified atom stereocenters. The van der Waals surface area contributed by atoms with Crippen LogP contribution in [0, 0.1) is 0 Å². The molecule has 3 N–H and O–H groups in total. The van der Waals surface area contributed by atoms with E-state index in [-0.39, 0.29) is 10.5 Å². The molecule has 4 heterocycles. The number of nitrogens with one attached hydrogen (secondary N) is 3. The molecule has 0 aromatic carbocycles. The largest absolute Gasteiger partial charge is 0.518 e. The predicted molar refractivity (Wildman–Crippen MR) is 92.4 cm³/mol. The Morgan fingerprint density at radius 2 is 1.73 bits per heavy atom. The first-order chi connectivity index (χ1) is 10.5. The zero-order chi connectivity index (χ0) is 15.5. The molecule has 0 aromatic heterocycles. The lowest BCUT2D eigenvalue weighted by atomic mass is 10.3. The van der Waals surface area contributed by atoms with Gasteiger partial charge in [0.25, 0.3) is 11.4 Å². The van der Waals surface area contributed by atoms with Gasteiger partial charge in [-0.05, 0) is 22.4 Å². The molecule has 1 spiro atoms. The summed E-state index contributed by atoms with van der Waals surface area (Å²) in [7, 11) is 1.81. The van der Waals surface area contributed by atoms with E-state index in [1.54, 1.807) is 30.6 Å². The fraction of sp³-hybridized carbons (Fsp3) is 0.538. The van der Waals surface area contributed by atoms with Gasteiger partial charge in [-0.15, -0.1) is 10.9 Å². The molecule has 0 aromatic rings. The Balaban J connectivity index is 1.68. The number of hydrazone groups is 2. The SMILES string of the molecule is CN=C1N[N+]2=C(C)C(C)=[N+]3NC(=NC4C=CC(C)N4)SC23S1. The first kappa shape index (κ1) is 14.3. The number of nitrogens with zero attached hydrogens (tertiary/aromatic N) is 4. The van der Waals surface area contributed by atoms with Gasteiger partial charge in [0.1, 0.15) is 6.17 Å². The molecule has 9 heteroatoms. The van der Waals surface area contributed by atoms with Crippen molar-refractivity contribution in [1.29, 1.82) is 0 Å². The predicted octanol–water partition coefficient (Wildman–Crippen LogP) is 0.277. The Morgan fingerprint density at radius 3 is 2.32 bits per heavy atom. The van der Waals surface area contributed by atoms with Gasteiger partial charge in [-0.2, -0.15) is 0 Å². The van der Waals surface area contributed by atoms with Crippen molar-refractivity contribution in [3.8, 4) is 0 Å². The number of rotatable bonds is 1. The maximum atomic E-state index is 4.77. The van der Waals surface area contributed by atoms with E-state index in [4.69, 9.17) is 4.99 Å². The van der Waals surface area contributed by atoms with Crippen LogP contribution >= 0.6 is 23.5 Å². The summed E-state index contributed by atoms with van der Waals surface area (Å²) < 4.78 is 4.02. The summed E-state index contributed by atoms with van der Waals surface area (Å²) in [4.78, 5) is 9.07. The molecule has 116 valence electrons. The third-order valence-electron chi connectivity index (χ3n) is 4.11. The molecule has 22 heavy (non-hydrogen) atoms. The van der Waals surface area contributed by atoms with E-state index >= 15 is 0 Å². The Labute approximate surface area is 137 Å². The van der Waals surface area contributed by atoms with Gasteiger partial charge >= 0.3 is 4.33 Å². The Kier molecular flexibility index (Phi) is 3.14. The van der Waals surface area contributed by atoms with E-state index in [0.29, 0.717) is 6.04 Å². The van der Waals surface area contributed by atoms with Gasteiger partial charge in [0.15, 0.2) is 0 Å². The van der Waals surface area contributed by atoms with Crippen LogP contribution in [0.2, 0.25) is 0 Å². The average molecular weight is 337 g/mol. The van der Waals surface area contributed by atoms with Crippen molar-refractivity contribution in [1.82, 2.24) is 16.2 Å². The van der Waals surface area contributed by atoms with Crippen LogP contribution in [0.25, 0.3) is 0 Å². The smallest absolute Gasteiger partial charge is 0.286 e. The van der Waals surface area contributed by atoms with Crippen LogP contribution in [-0.4, -0.2) is 54.7 Å². The van der Waals surface area contributed by atoms with Crippen molar-refractivity contribution < 1.29 is 9.37 Å². The van der Waals surface area contributed by atoms with Crippen LogP contribution in [0.15, 0.2) is 22.1 Å². The summed E-state index contributed by atoms with van der Waals surface area (Å²) in [5.41, 5.74) is 9.19. The topological polar surface area (TPSA) is 66.8 Å². The van der Waals surface area contributed by atoms with Gasteiger partial charge in [0, 0.05) is 26.9 Å². The molecule has 4 rings (SSSR count). The van der Waals surface area contributed by atoms with E-state index in [1.807, 2.05) is 0 Å². The van der Waals surface area contributed by atoms with Crippen LogP contribution in [0.5, 0.6) is 0 Å². The minimum Gasteiger partial charge on any atom is -0.286 e. The Morgan fingerprint density at radius 1 is 1.09 bits per heavy atom. The molecule has 0 radical (unpaired) electrons. The highest BCUT2D eigenvalue weighted by molar-refractivity contribution is 8.30. The molecule has 0 bridgehead atoms. The summed E-state index contributed by atoms with van der Waals surface area (Å²) in [5, 5.41) is 5.23. The average Bonchev–Trinajstić information content (AvgIpc) is 3.19. The van der Waals surface area contributed by atoms with Gasteiger partial charge in [0.2, 0.25) is 10.3 Å². The second kappa shape index (κ2) is 4.84. The summed E-state index contributed by atoms with van der Waals surface area (Å²) in [5.74, 6) is 0. The molecule has 0 saturated carbocycles. The van der Waals surface area contributed by atoms with E-state index in [0.717, 1.165) is 10.3 Å². The number of aliphatic imine (C=N–C) groups is 2. The van der Waals surface area contributed by atoms with Gasteiger partial charge in [0.05, 0.1) is 23.5 Å². The summed E-state index contributed by atoms with van der Waals surface area (Å²) in [6, 6.07) is 0.375. The lowest BCUT2D eigenvalue weighted by molar-refractivity contribution is -0.779. The van der Waals surface area contributed by atoms with Crippen LogP contribution < -0.4 is 16.2 Å².